The second-order valence-corrected chi connectivity index (χ2v) is 8.00. The predicted octanol–water partition coefficient (Wildman–Crippen LogP) is 5.75. The smallest absolute Gasteiger partial charge is 0.105 e. The summed E-state index contributed by atoms with van der Waals surface area (Å²) in [4.78, 5) is 0. The van der Waals surface area contributed by atoms with E-state index in [0.29, 0.717) is 5.38 Å². The van der Waals surface area contributed by atoms with Gasteiger partial charge in [-0.05, 0) is 27.2 Å². The van der Waals surface area contributed by atoms with Crippen LogP contribution < -0.4 is 0 Å². The summed E-state index contributed by atoms with van der Waals surface area (Å²) in [6.45, 7) is 12.8. The molecule has 2 unspecified atom stereocenters. The number of unbranched alkanes of at least 4 members (excludes halogenated alkanes) is 7. The monoisotopic (exact) mass is 348 g/mol. The van der Waals surface area contributed by atoms with Gasteiger partial charge in [0.25, 0.3) is 0 Å². The summed E-state index contributed by atoms with van der Waals surface area (Å²) in [5, 5.41) is 10.0. The third-order valence-electron chi connectivity index (χ3n) is 5.28. The normalized spacial score (nSPS) is 14.9. The zero-order valence-electron chi connectivity index (χ0n) is 16.3. The van der Waals surface area contributed by atoms with Crippen molar-refractivity contribution in [3.05, 3.63) is 0 Å². The van der Waals surface area contributed by atoms with E-state index < -0.39 is 0 Å². The van der Waals surface area contributed by atoms with Crippen LogP contribution in [0.4, 0.5) is 0 Å². The molecule has 0 aliphatic heterocycles. The van der Waals surface area contributed by atoms with E-state index in [1.165, 1.54) is 51.4 Å². The van der Waals surface area contributed by atoms with Crippen LogP contribution in [-0.2, 0) is 0 Å². The number of rotatable bonds is 16. The van der Waals surface area contributed by atoms with Crippen LogP contribution in [0, 0.1) is 0 Å². The van der Waals surface area contributed by atoms with Gasteiger partial charge in [-0.1, -0.05) is 58.3 Å². The van der Waals surface area contributed by atoms with Crippen LogP contribution in [0.1, 0.15) is 91.9 Å². The Morgan fingerprint density at radius 3 is 1.83 bits per heavy atom. The predicted molar refractivity (Wildman–Crippen MR) is 104 cm³/mol. The van der Waals surface area contributed by atoms with Gasteiger partial charge in [0.2, 0.25) is 0 Å². The Kier molecular flexibility index (Phi) is 14.7. The van der Waals surface area contributed by atoms with Crippen LogP contribution in [0.2, 0.25) is 0 Å². The molecule has 0 bridgehead atoms. The van der Waals surface area contributed by atoms with Gasteiger partial charge in [0, 0.05) is 11.8 Å². The summed E-state index contributed by atoms with van der Waals surface area (Å²) >= 11 is 6.55. The standard InChI is InChI=1S/C20H43ClNO/c1-5-8-9-10-11-12-13-14-15-20(21)16-17-22(6-2,7-3)18-19(4)23/h19-20,23H,5-18H2,1-4H3/q+1. The molecule has 3 heteroatoms. The lowest BCUT2D eigenvalue weighted by molar-refractivity contribution is -0.927. The molecule has 0 aromatic carbocycles. The number of aliphatic hydroxyl groups is 1. The van der Waals surface area contributed by atoms with Crippen LogP contribution in [-0.4, -0.2) is 47.2 Å². The van der Waals surface area contributed by atoms with E-state index in [4.69, 9.17) is 11.6 Å². The van der Waals surface area contributed by atoms with Crippen molar-refractivity contribution in [2.24, 2.45) is 0 Å². The van der Waals surface area contributed by atoms with E-state index in [1.807, 2.05) is 6.92 Å². The molecule has 0 saturated heterocycles. The van der Waals surface area contributed by atoms with Gasteiger partial charge in [0.1, 0.15) is 12.6 Å². The van der Waals surface area contributed by atoms with Gasteiger partial charge in [-0.3, -0.25) is 0 Å². The van der Waals surface area contributed by atoms with Crippen LogP contribution >= 0.6 is 11.6 Å². The van der Waals surface area contributed by atoms with Crippen molar-refractivity contribution in [2.75, 3.05) is 26.2 Å². The van der Waals surface area contributed by atoms with Gasteiger partial charge in [-0.2, -0.15) is 0 Å². The first-order valence-corrected chi connectivity index (χ1v) is 10.6. The van der Waals surface area contributed by atoms with Crippen molar-refractivity contribution in [2.45, 2.75) is 103 Å². The highest BCUT2D eigenvalue weighted by atomic mass is 35.5. The molecule has 0 aromatic rings. The third-order valence-corrected chi connectivity index (χ3v) is 5.72. The minimum atomic E-state index is -0.226. The molecule has 1 N–H and O–H groups in total. The lowest BCUT2D eigenvalue weighted by atomic mass is 10.1. The Morgan fingerprint density at radius 1 is 0.826 bits per heavy atom. The topological polar surface area (TPSA) is 20.2 Å². The van der Waals surface area contributed by atoms with E-state index in [1.54, 1.807) is 0 Å². The zero-order chi connectivity index (χ0) is 17.6. The Morgan fingerprint density at radius 2 is 1.35 bits per heavy atom. The van der Waals surface area contributed by atoms with E-state index in [2.05, 4.69) is 20.8 Å². The van der Waals surface area contributed by atoms with E-state index in [0.717, 1.165) is 43.5 Å². The molecule has 0 aliphatic carbocycles. The Labute approximate surface area is 151 Å². The molecule has 2 nitrogen and oxygen atoms in total. The number of alkyl halides is 1. The maximum atomic E-state index is 9.74. The molecule has 0 amide bonds. The quantitative estimate of drug-likeness (QED) is 0.214. The fourth-order valence-corrected chi connectivity index (χ4v) is 3.76. The molecule has 0 heterocycles. The molecule has 0 fully saturated rings. The van der Waals surface area contributed by atoms with Crippen LogP contribution in [0.25, 0.3) is 0 Å². The van der Waals surface area contributed by atoms with Crippen molar-refractivity contribution < 1.29 is 9.59 Å². The van der Waals surface area contributed by atoms with Crippen molar-refractivity contribution >= 4 is 11.6 Å². The summed E-state index contributed by atoms with van der Waals surface area (Å²) in [6.07, 6.45) is 12.9. The maximum Gasteiger partial charge on any atom is 0.105 e. The van der Waals surface area contributed by atoms with Gasteiger partial charge in [0.05, 0.1) is 19.6 Å². The minimum absolute atomic E-state index is 0.226. The average molecular weight is 349 g/mol. The molecular formula is C20H43ClNO+. The van der Waals surface area contributed by atoms with Crippen molar-refractivity contribution in [3.63, 3.8) is 0 Å². The van der Waals surface area contributed by atoms with Crippen molar-refractivity contribution in [1.29, 1.82) is 0 Å². The lowest BCUT2D eigenvalue weighted by Gasteiger charge is -2.38. The molecular weight excluding hydrogens is 306 g/mol. The van der Waals surface area contributed by atoms with Gasteiger partial charge < -0.3 is 9.59 Å². The molecule has 0 aromatic heterocycles. The third kappa shape index (κ3) is 12.3. The Balaban J connectivity index is 3.77. The summed E-state index contributed by atoms with van der Waals surface area (Å²) in [5.41, 5.74) is 0. The first kappa shape index (κ1) is 23.2. The molecule has 0 radical (unpaired) electrons. The number of hydrogen-bond acceptors (Lipinski definition) is 1. The SMILES string of the molecule is CCCCCCCCCCC(Cl)CC[N+](CC)(CC)CC(C)O. The lowest BCUT2D eigenvalue weighted by Crippen LogP contribution is -2.52. The first-order chi connectivity index (χ1) is 11.0. The summed E-state index contributed by atoms with van der Waals surface area (Å²) in [7, 11) is 0. The first-order valence-electron chi connectivity index (χ1n) is 10.2. The number of halogens is 1. The number of likely N-dealkylation sites (N-methyl/N-ethyl adjacent to an activating group) is 1. The van der Waals surface area contributed by atoms with Crippen LogP contribution in [0.15, 0.2) is 0 Å². The molecule has 0 rings (SSSR count). The number of quaternary nitrogens is 1. The fraction of sp³-hybridized carbons (Fsp3) is 1.00. The van der Waals surface area contributed by atoms with Crippen molar-refractivity contribution in [1.82, 2.24) is 0 Å². The Hall–Kier alpha value is 0.210. The second kappa shape index (κ2) is 14.5. The van der Waals surface area contributed by atoms with Crippen LogP contribution in [0.5, 0.6) is 0 Å². The minimum Gasteiger partial charge on any atom is -0.388 e. The van der Waals surface area contributed by atoms with Gasteiger partial charge in [-0.25, -0.2) is 0 Å². The molecule has 23 heavy (non-hydrogen) atoms. The largest absolute Gasteiger partial charge is 0.388 e. The van der Waals surface area contributed by atoms with E-state index >= 15 is 0 Å². The highest BCUT2D eigenvalue weighted by molar-refractivity contribution is 6.20. The van der Waals surface area contributed by atoms with Gasteiger partial charge in [0.15, 0.2) is 0 Å². The summed E-state index contributed by atoms with van der Waals surface area (Å²) in [6, 6.07) is 0. The molecule has 0 spiro atoms. The highest BCUT2D eigenvalue weighted by Crippen LogP contribution is 2.18. The average Bonchev–Trinajstić information content (AvgIpc) is 2.53. The number of nitrogens with zero attached hydrogens (tertiary/aromatic N) is 1. The van der Waals surface area contributed by atoms with Crippen LogP contribution in [0.3, 0.4) is 0 Å². The van der Waals surface area contributed by atoms with E-state index in [9.17, 15) is 5.11 Å². The number of aliphatic hydroxyl groups excluding tert-OH is 1. The maximum absolute atomic E-state index is 9.74. The molecule has 0 aliphatic rings. The fourth-order valence-electron chi connectivity index (χ4n) is 3.51. The highest BCUT2D eigenvalue weighted by Gasteiger charge is 2.26. The Bertz CT molecular complexity index is 254. The molecule has 140 valence electrons. The molecule has 0 saturated carbocycles. The van der Waals surface area contributed by atoms with E-state index in [-0.39, 0.29) is 6.10 Å². The summed E-state index contributed by atoms with van der Waals surface area (Å²) in [5.74, 6) is 0. The second-order valence-electron chi connectivity index (χ2n) is 7.38. The van der Waals surface area contributed by atoms with Gasteiger partial charge >= 0.3 is 0 Å². The summed E-state index contributed by atoms with van der Waals surface area (Å²) < 4.78 is 0.998. The molecule has 2 atom stereocenters. The van der Waals surface area contributed by atoms with Crippen molar-refractivity contribution in [3.8, 4) is 0 Å². The zero-order valence-corrected chi connectivity index (χ0v) is 17.1. The van der Waals surface area contributed by atoms with Gasteiger partial charge in [-0.15, -0.1) is 11.6 Å². The number of hydrogen-bond donors (Lipinski definition) is 1.